The van der Waals surface area contributed by atoms with Crippen molar-refractivity contribution >= 4 is 87.1 Å². The van der Waals surface area contributed by atoms with Crippen molar-refractivity contribution < 1.29 is 128 Å². The standard InChI is InChI=1S/C33H25ClN8O9S3.3Na/c1-18-15-28(41-42-29-17-22(53(46,47)48)9-13-30(29)54(49,50)51)19(2)14-27(18)40-39-26-12-11-25(23-10-8-21(16-24(23)26)52(43,44)45)35-33-37-31(36-32(34)38-33)20-6-4-3-5-7-20;;;/h3-17H,1-2H3,(H,43,44,45)(H,46,47,48)(H,49,50,51)(H,35,36,37,38);;;/q;3*+1/p-3. The minimum Gasteiger partial charge on any atom is -0.744 e. The summed E-state index contributed by atoms with van der Waals surface area (Å²) in [5, 5.41) is 20.0. The molecule has 17 nitrogen and oxygen atoms in total. The van der Waals surface area contributed by atoms with E-state index in [-0.39, 0.29) is 117 Å². The number of aromatic nitrogens is 3. The molecule has 0 atom stereocenters. The van der Waals surface area contributed by atoms with Gasteiger partial charge in [-0.3, -0.25) is 0 Å². The van der Waals surface area contributed by atoms with Crippen LogP contribution in [0.1, 0.15) is 11.1 Å². The molecule has 0 fully saturated rings. The van der Waals surface area contributed by atoms with Gasteiger partial charge in [-0.15, -0.1) is 10.2 Å². The van der Waals surface area contributed by atoms with Crippen molar-refractivity contribution in [3.63, 3.8) is 0 Å². The molecule has 6 rings (SSSR count). The third-order valence-corrected chi connectivity index (χ3v) is 10.4. The van der Waals surface area contributed by atoms with E-state index >= 15 is 0 Å². The van der Waals surface area contributed by atoms with Gasteiger partial charge in [-0.05, 0) is 91.2 Å². The zero-order valence-corrected chi connectivity index (χ0v) is 39.8. The normalized spacial score (nSPS) is 11.9. The summed E-state index contributed by atoms with van der Waals surface area (Å²) in [5.74, 6) is 0.386. The monoisotopic (exact) mass is 874 g/mol. The van der Waals surface area contributed by atoms with E-state index in [0.717, 1.165) is 12.1 Å². The van der Waals surface area contributed by atoms with Gasteiger partial charge in [0.2, 0.25) is 11.2 Å². The van der Waals surface area contributed by atoms with E-state index in [1.54, 1.807) is 38.1 Å². The first-order valence-electron chi connectivity index (χ1n) is 15.1. The van der Waals surface area contributed by atoms with Crippen molar-refractivity contribution in [2.24, 2.45) is 20.5 Å². The van der Waals surface area contributed by atoms with Crippen LogP contribution in [0.4, 0.5) is 34.4 Å². The molecule has 0 radical (unpaired) electrons. The fourth-order valence-corrected chi connectivity index (χ4v) is 6.80. The van der Waals surface area contributed by atoms with Crippen molar-refractivity contribution in [2.75, 3.05) is 5.32 Å². The minimum atomic E-state index is -5.12. The third-order valence-electron chi connectivity index (χ3n) is 7.67. The fraction of sp³-hybridized carbons (Fsp3) is 0.0606. The number of rotatable bonds is 10. The van der Waals surface area contributed by atoms with E-state index < -0.39 is 50.7 Å². The molecule has 57 heavy (non-hydrogen) atoms. The Morgan fingerprint density at radius 1 is 0.561 bits per heavy atom. The molecule has 0 unspecified atom stereocenters. The zero-order valence-electron chi connectivity index (χ0n) is 30.6. The number of halogens is 1. The summed E-state index contributed by atoms with van der Waals surface area (Å²) in [4.78, 5) is 10.6. The number of hydrogen-bond acceptors (Lipinski definition) is 17. The predicted octanol–water partition coefficient (Wildman–Crippen LogP) is -1.74. The van der Waals surface area contributed by atoms with E-state index in [2.05, 4.69) is 40.7 Å². The van der Waals surface area contributed by atoms with Crippen molar-refractivity contribution in [2.45, 2.75) is 28.5 Å². The molecule has 0 aliphatic carbocycles. The summed E-state index contributed by atoms with van der Waals surface area (Å²) in [6.45, 7) is 3.25. The summed E-state index contributed by atoms with van der Waals surface area (Å²) in [5.41, 5.74) is 2.05. The van der Waals surface area contributed by atoms with Gasteiger partial charge in [0.25, 0.3) is 0 Å². The van der Waals surface area contributed by atoms with Gasteiger partial charge < -0.3 is 19.0 Å². The van der Waals surface area contributed by atoms with E-state index in [1.165, 1.54) is 18.2 Å². The number of hydrogen-bond donors (Lipinski definition) is 1. The summed E-state index contributed by atoms with van der Waals surface area (Å²) in [6.07, 6.45) is 0. The van der Waals surface area contributed by atoms with Gasteiger partial charge in [0.1, 0.15) is 36.0 Å². The van der Waals surface area contributed by atoms with Gasteiger partial charge in [0.05, 0.1) is 31.7 Å². The van der Waals surface area contributed by atoms with E-state index in [1.807, 2.05) is 18.2 Å². The van der Waals surface area contributed by atoms with Gasteiger partial charge in [-0.1, -0.05) is 36.4 Å². The maximum absolute atomic E-state index is 12.0. The van der Waals surface area contributed by atoms with Crippen LogP contribution in [0.5, 0.6) is 0 Å². The Bertz CT molecular complexity index is 2890. The number of anilines is 2. The second-order valence-electron chi connectivity index (χ2n) is 11.4. The number of fused-ring (bicyclic) bond motifs is 1. The Labute approximate surface area is 398 Å². The number of benzene rings is 5. The molecule has 276 valence electrons. The smallest absolute Gasteiger partial charge is 0.744 e. The summed E-state index contributed by atoms with van der Waals surface area (Å²) in [6, 6.07) is 21.0. The van der Waals surface area contributed by atoms with Crippen molar-refractivity contribution in [3.8, 4) is 11.4 Å². The molecule has 0 bridgehead atoms. The molecule has 1 aromatic heterocycles. The zero-order chi connectivity index (χ0) is 39.0. The molecule has 6 aromatic rings. The summed E-state index contributed by atoms with van der Waals surface area (Å²) < 4.78 is 106. The first kappa shape index (κ1) is 48.8. The van der Waals surface area contributed by atoms with Crippen molar-refractivity contribution in [3.05, 3.63) is 107 Å². The second-order valence-corrected chi connectivity index (χ2v) is 15.8. The summed E-state index contributed by atoms with van der Waals surface area (Å²) in [7, 11) is -15.0. The molecule has 0 aliphatic heterocycles. The van der Waals surface area contributed by atoms with Crippen LogP contribution in [0.3, 0.4) is 0 Å². The van der Waals surface area contributed by atoms with Crippen LogP contribution in [-0.2, 0) is 30.4 Å². The summed E-state index contributed by atoms with van der Waals surface area (Å²) >= 11 is 6.20. The number of nitrogens with zero attached hydrogens (tertiary/aromatic N) is 7. The van der Waals surface area contributed by atoms with Crippen LogP contribution in [0, 0.1) is 13.8 Å². The predicted molar refractivity (Wildman–Crippen MR) is 192 cm³/mol. The molecular formula is C33H22ClN8Na3O9S3. The van der Waals surface area contributed by atoms with Gasteiger partial charge in [-0.2, -0.15) is 25.2 Å². The number of nitrogens with one attached hydrogen (secondary N) is 1. The number of aryl methyl sites for hydroxylation is 2. The molecule has 0 aliphatic rings. The quantitative estimate of drug-likeness (QED) is 0.0911. The Morgan fingerprint density at radius 2 is 1.11 bits per heavy atom. The van der Waals surface area contributed by atoms with E-state index in [9.17, 15) is 38.9 Å². The van der Waals surface area contributed by atoms with Crippen LogP contribution >= 0.6 is 11.6 Å². The van der Waals surface area contributed by atoms with Crippen LogP contribution in [-0.4, -0.2) is 53.9 Å². The molecule has 5 aromatic carbocycles. The van der Waals surface area contributed by atoms with Crippen molar-refractivity contribution in [1.29, 1.82) is 0 Å². The Morgan fingerprint density at radius 3 is 1.68 bits per heavy atom. The fourth-order valence-electron chi connectivity index (χ4n) is 5.07. The van der Waals surface area contributed by atoms with Gasteiger partial charge in [0, 0.05) is 22.0 Å². The molecule has 1 heterocycles. The van der Waals surface area contributed by atoms with Crippen LogP contribution in [0.2, 0.25) is 5.28 Å². The molecule has 1 N–H and O–H groups in total. The minimum absolute atomic E-state index is 0. The average molecular weight is 875 g/mol. The van der Waals surface area contributed by atoms with E-state index in [4.69, 9.17) is 11.6 Å². The van der Waals surface area contributed by atoms with Gasteiger partial charge >= 0.3 is 88.7 Å². The molecular weight excluding hydrogens is 853 g/mol. The average Bonchev–Trinajstić information content (AvgIpc) is 3.10. The van der Waals surface area contributed by atoms with Gasteiger partial charge in [-0.25, -0.2) is 25.3 Å². The molecule has 24 heteroatoms. The number of azo groups is 2. The van der Waals surface area contributed by atoms with Crippen molar-refractivity contribution in [1.82, 2.24) is 15.0 Å². The first-order chi connectivity index (χ1) is 25.4. The van der Waals surface area contributed by atoms with Gasteiger partial charge in [0.15, 0.2) is 5.82 Å². The molecule has 0 saturated carbocycles. The maximum atomic E-state index is 12.0. The molecule has 0 spiro atoms. The van der Waals surface area contributed by atoms with Crippen LogP contribution in [0.15, 0.2) is 126 Å². The Hall–Kier alpha value is -2.61. The van der Waals surface area contributed by atoms with E-state index in [0.29, 0.717) is 57.5 Å². The topological polar surface area (TPSA) is 272 Å². The molecule has 0 saturated heterocycles. The first-order valence-corrected chi connectivity index (χ1v) is 19.7. The molecule has 0 amide bonds. The largest absolute Gasteiger partial charge is 1.00 e. The maximum Gasteiger partial charge on any atom is 1.00 e. The van der Waals surface area contributed by atoms with Crippen LogP contribution in [0.25, 0.3) is 22.2 Å². The Kier molecular flexibility index (Phi) is 16.8. The SMILES string of the molecule is Cc1cc(N=Nc2ccc(Nc3nc(Cl)nc(-c4ccccc4)n3)c3ccc(S(=O)(=O)[O-])cc23)c(C)cc1N=Nc1cc(S(=O)(=O)[O-])ccc1S(=O)(=O)[O-].[Na+].[Na+].[Na+]. The van der Waals surface area contributed by atoms with Crippen LogP contribution < -0.4 is 94.0 Å². The second kappa shape index (κ2) is 19.6. The third kappa shape index (κ3) is 12.0. The Balaban J connectivity index is 0.00000290.